The molecular formula is C30H30ClNO4. The fourth-order valence-electron chi connectivity index (χ4n) is 4.42. The second kappa shape index (κ2) is 11.7. The first kappa shape index (κ1) is 24.4. The standard InChI is InChI=1S/C30H30ClNO4/c31-30-21-26-20-25(7-12-29(26)36-30)24(19-23-2-8-27(33)9-3-23)6-1-22-4-10-28(11-5-22)35-18-15-32-13-16-34-17-14-32/h2-12,20-21,33H,1,13-19H2. The summed E-state index contributed by atoms with van der Waals surface area (Å²) in [6.45, 7) is 5.15. The molecule has 1 N–H and O–H groups in total. The fraction of sp³-hybridized carbons (Fsp3) is 0.267. The first-order valence-corrected chi connectivity index (χ1v) is 12.7. The lowest BCUT2D eigenvalue weighted by Crippen LogP contribution is -2.38. The van der Waals surface area contributed by atoms with Crippen LogP contribution in [0.25, 0.3) is 16.5 Å². The van der Waals surface area contributed by atoms with Crippen LogP contribution in [0.1, 0.15) is 16.7 Å². The maximum atomic E-state index is 9.67. The number of hydrogen-bond donors (Lipinski definition) is 1. The van der Waals surface area contributed by atoms with Crippen molar-refractivity contribution in [3.8, 4) is 11.5 Å². The number of hydrogen-bond acceptors (Lipinski definition) is 5. The average Bonchev–Trinajstić information content (AvgIpc) is 3.28. The van der Waals surface area contributed by atoms with Crippen LogP contribution in [-0.4, -0.2) is 49.5 Å². The van der Waals surface area contributed by atoms with E-state index in [1.54, 1.807) is 12.1 Å². The lowest BCUT2D eigenvalue weighted by atomic mass is 9.95. The van der Waals surface area contributed by atoms with Crippen molar-refractivity contribution in [2.75, 3.05) is 39.5 Å². The number of phenols is 1. The van der Waals surface area contributed by atoms with E-state index in [9.17, 15) is 5.11 Å². The molecule has 2 heterocycles. The third-order valence-corrected chi connectivity index (χ3v) is 6.66. The van der Waals surface area contributed by atoms with Crippen LogP contribution in [-0.2, 0) is 17.6 Å². The Labute approximate surface area is 216 Å². The van der Waals surface area contributed by atoms with Gasteiger partial charge in [0.05, 0.1) is 13.2 Å². The summed E-state index contributed by atoms with van der Waals surface area (Å²) in [5.74, 6) is 1.16. The molecule has 0 aliphatic carbocycles. The Bertz CT molecular complexity index is 1310. The van der Waals surface area contributed by atoms with E-state index in [-0.39, 0.29) is 5.75 Å². The Hall–Kier alpha value is -3.25. The van der Waals surface area contributed by atoms with Gasteiger partial charge in [-0.05, 0) is 83.1 Å². The number of phenolic OH excluding ortho intramolecular Hbond substituents is 1. The van der Waals surface area contributed by atoms with Gasteiger partial charge in [0.25, 0.3) is 0 Å². The second-order valence-electron chi connectivity index (χ2n) is 9.03. The zero-order valence-corrected chi connectivity index (χ0v) is 20.9. The highest BCUT2D eigenvalue weighted by Gasteiger charge is 2.10. The van der Waals surface area contributed by atoms with E-state index in [1.165, 1.54) is 11.1 Å². The van der Waals surface area contributed by atoms with Crippen molar-refractivity contribution in [1.82, 2.24) is 4.90 Å². The number of halogens is 1. The predicted molar refractivity (Wildman–Crippen MR) is 144 cm³/mol. The number of nitrogens with zero attached hydrogens (tertiary/aromatic N) is 1. The van der Waals surface area contributed by atoms with Crippen LogP contribution in [0.5, 0.6) is 11.5 Å². The van der Waals surface area contributed by atoms with Gasteiger partial charge in [0, 0.05) is 31.1 Å². The van der Waals surface area contributed by atoms with Gasteiger partial charge >= 0.3 is 0 Å². The summed E-state index contributed by atoms with van der Waals surface area (Å²) in [5.41, 5.74) is 5.44. The van der Waals surface area contributed by atoms with Crippen LogP contribution in [0.2, 0.25) is 5.22 Å². The molecule has 1 aromatic heterocycles. The Morgan fingerprint density at radius 2 is 1.69 bits per heavy atom. The first-order valence-electron chi connectivity index (χ1n) is 12.3. The van der Waals surface area contributed by atoms with Gasteiger partial charge in [-0.1, -0.05) is 36.4 Å². The molecule has 4 aromatic rings. The van der Waals surface area contributed by atoms with Gasteiger partial charge in [-0.15, -0.1) is 0 Å². The lowest BCUT2D eigenvalue weighted by Gasteiger charge is -2.26. The van der Waals surface area contributed by atoms with Crippen LogP contribution in [0.15, 0.2) is 83.3 Å². The van der Waals surface area contributed by atoms with Crippen LogP contribution in [0, 0.1) is 0 Å². The third-order valence-electron chi connectivity index (χ3n) is 6.48. The zero-order chi connectivity index (χ0) is 24.7. The predicted octanol–water partition coefficient (Wildman–Crippen LogP) is 6.37. The highest BCUT2D eigenvalue weighted by atomic mass is 35.5. The summed E-state index contributed by atoms with van der Waals surface area (Å²) in [7, 11) is 0. The molecule has 1 aliphatic heterocycles. The Balaban J connectivity index is 1.28. The van der Waals surface area contributed by atoms with Crippen molar-refractivity contribution >= 4 is 28.1 Å². The molecule has 0 atom stereocenters. The smallest absolute Gasteiger partial charge is 0.194 e. The highest BCUT2D eigenvalue weighted by Crippen LogP contribution is 2.29. The van der Waals surface area contributed by atoms with Crippen LogP contribution in [0.4, 0.5) is 0 Å². The minimum absolute atomic E-state index is 0.269. The molecule has 6 heteroatoms. The number of rotatable bonds is 9. The number of morpholine rings is 1. The number of benzene rings is 3. The largest absolute Gasteiger partial charge is 0.508 e. The normalized spacial score (nSPS) is 14.9. The van der Waals surface area contributed by atoms with E-state index in [0.717, 1.165) is 73.5 Å². The SMILES string of the molecule is Oc1ccc(CC(=CCc2ccc(OCCN3CCOCC3)cc2)c2ccc3oc(Cl)cc3c2)cc1. The van der Waals surface area contributed by atoms with Crippen molar-refractivity contribution in [2.45, 2.75) is 12.8 Å². The molecule has 1 saturated heterocycles. The van der Waals surface area contributed by atoms with Crippen LogP contribution in [0.3, 0.4) is 0 Å². The Kier molecular flexibility index (Phi) is 7.91. The number of allylic oxidation sites excluding steroid dienone is 2. The van der Waals surface area contributed by atoms with Gasteiger partial charge in [0.1, 0.15) is 23.7 Å². The zero-order valence-electron chi connectivity index (χ0n) is 20.2. The number of furan rings is 1. The number of ether oxygens (including phenoxy) is 2. The first-order chi connectivity index (χ1) is 17.6. The van der Waals surface area contributed by atoms with E-state index in [2.05, 4.69) is 35.2 Å². The molecule has 5 nitrogen and oxygen atoms in total. The van der Waals surface area contributed by atoms with Gasteiger partial charge in [-0.2, -0.15) is 0 Å². The molecule has 36 heavy (non-hydrogen) atoms. The summed E-state index contributed by atoms with van der Waals surface area (Å²) in [6, 6.07) is 23.7. The molecule has 186 valence electrons. The van der Waals surface area contributed by atoms with Crippen molar-refractivity contribution in [1.29, 1.82) is 0 Å². The molecule has 1 fully saturated rings. The third kappa shape index (κ3) is 6.49. The monoisotopic (exact) mass is 503 g/mol. The minimum Gasteiger partial charge on any atom is -0.508 e. The Morgan fingerprint density at radius 3 is 2.47 bits per heavy atom. The van der Waals surface area contributed by atoms with E-state index in [1.807, 2.05) is 36.4 Å². The quantitative estimate of drug-likeness (QED) is 0.287. The molecule has 0 unspecified atom stereocenters. The number of aromatic hydroxyl groups is 1. The highest BCUT2D eigenvalue weighted by molar-refractivity contribution is 6.29. The number of fused-ring (bicyclic) bond motifs is 1. The van der Waals surface area contributed by atoms with Gasteiger partial charge in [0.2, 0.25) is 0 Å². The van der Waals surface area contributed by atoms with Gasteiger partial charge in [0.15, 0.2) is 5.22 Å². The molecule has 0 spiro atoms. The van der Waals surface area contributed by atoms with Crippen molar-refractivity contribution < 1.29 is 19.0 Å². The lowest BCUT2D eigenvalue weighted by molar-refractivity contribution is 0.0322. The van der Waals surface area contributed by atoms with E-state index in [0.29, 0.717) is 11.8 Å². The summed E-state index contributed by atoms with van der Waals surface area (Å²) in [5, 5.41) is 11.0. The van der Waals surface area contributed by atoms with Crippen molar-refractivity contribution in [3.05, 3.63) is 101 Å². The summed E-state index contributed by atoms with van der Waals surface area (Å²) in [4.78, 5) is 2.37. The molecule has 0 saturated carbocycles. The Morgan fingerprint density at radius 1 is 0.944 bits per heavy atom. The van der Waals surface area contributed by atoms with Crippen LogP contribution >= 0.6 is 11.6 Å². The van der Waals surface area contributed by atoms with E-state index in [4.69, 9.17) is 25.5 Å². The van der Waals surface area contributed by atoms with Crippen molar-refractivity contribution in [2.24, 2.45) is 0 Å². The molecule has 5 rings (SSSR count). The van der Waals surface area contributed by atoms with Gasteiger partial charge < -0.3 is 19.0 Å². The molecule has 0 radical (unpaired) electrons. The molecule has 0 amide bonds. The molecule has 3 aromatic carbocycles. The topological polar surface area (TPSA) is 55.1 Å². The summed E-state index contributed by atoms with van der Waals surface area (Å²) in [6.07, 6.45) is 3.82. The maximum Gasteiger partial charge on any atom is 0.194 e. The fourth-order valence-corrected chi connectivity index (χ4v) is 4.62. The average molecular weight is 504 g/mol. The summed E-state index contributed by atoms with van der Waals surface area (Å²) >= 11 is 6.06. The molecular weight excluding hydrogens is 474 g/mol. The van der Waals surface area contributed by atoms with E-state index >= 15 is 0 Å². The van der Waals surface area contributed by atoms with E-state index < -0.39 is 0 Å². The molecule has 0 bridgehead atoms. The van der Waals surface area contributed by atoms with Crippen LogP contribution < -0.4 is 4.74 Å². The second-order valence-corrected chi connectivity index (χ2v) is 9.40. The maximum absolute atomic E-state index is 9.67. The van der Waals surface area contributed by atoms with Gasteiger partial charge in [-0.25, -0.2) is 0 Å². The van der Waals surface area contributed by atoms with Gasteiger partial charge in [-0.3, -0.25) is 4.90 Å². The van der Waals surface area contributed by atoms with Crippen molar-refractivity contribution in [3.63, 3.8) is 0 Å². The summed E-state index contributed by atoms with van der Waals surface area (Å²) < 4.78 is 16.9. The minimum atomic E-state index is 0.269. The molecule has 1 aliphatic rings.